The first-order valence-electron chi connectivity index (χ1n) is 7.75. The number of likely N-dealkylation sites (tertiary alicyclic amines) is 1. The van der Waals surface area contributed by atoms with Crippen molar-refractivity contribution in [2.45, 2.75) is 26.7 Å². The molecule has 1 saturated heterocycles. The predicted molar refractivity (Wildman–Crippen MR) is 83.4 cm³/mol. The van der Waals surface area contributed by atoms with Gasteiger partial charge in [0.15, 0.2) is 0 Å². The van der Waals surface area contributed by atoms with Crippen LogP contribution in [0.25, 0.3) is 0 Å². The molecule has 116 valence electrons. The van der Waals surface area contributed by atoms with Gasteiger partial charge in [-0.1, -0.05) is 6.92 Å². The Morgan fingerprint density at radius 3 is 2.71 bits per heavy atom. The molecule has 1 fully saturated rings. The molecule has 1 atom stereocenters. The Hall–Kier alpha value is -1.69. The van der Waals surface area contributed by atoms with E-state index in [2.05, 4.69) is 32.4 Å². The summed E-state index contributed by atoms with van der Waals surface area (Å²) in [6, 6.07) is 0. The highest BCUT2D eigenvalue weighted by atomic mass is 16.1. The number of hydrogen-bond acceptors (Lipinski definition) is 5. The van der Waals surface area contributed by atoms with Crippen LogP contribution in [0.15, 0.2) is 12.4 Å². The summed E-state index contributed by atoms with van der Waals surface area (Å²) in [7, 11) is 0. The standard InChI is InChI=1S/C15H25N5O/c1-3-16-14-10-17-13(9-18-14)15(21)19-8-12(2)11-20-6-4-5-7-20/h9-10,12H,3-8,11H2,1-2H3,(H,16,18)(H,19,21). The van der Waals surface area contributed by atoms with Crippen LogP contribution in [-0.2, 0) is 0 Å². The summed E-state index contributed by atoms with van der Waals surface area (Å²) in [4.78, 5) is 22.8. The lowest BCUT2D eigenvalue weighted by atomic mass is 10.1. The summed E-state index contributed by atoms with van der Waals surface area (Å²) in [6.45, 7) is 9.04. The van der Waals surface area contributed by atoms with Gasteiger partial charge < -0.3 is 15.5 Å². The lowest BCUT2D eigenvalue weighted by Gasteiger charge is -2.20. The van der Waals surface area contributed by atoms with Gasteiger partial charge in [0.1, 0.15) is 11.5 Å². The molecule has 21 heavy (non-hydrogen) atoms. The highest BCUT2D eigenvalue weighted by Crippen LogP contribution is 2.09. The van der Waals surface area contributed by atoms with Crippen molar-refractivity contribution >= 4 is 11.7 Å². The van der Waals surface area contributed by atoms with Gasteiger partial charge in [0.05, 0.1) is 12.4 Å². The van der Waals surface area contributed by atoms with Crippen LogP contribution < -0.4 is 10.6 Å². The van der Waals surface area contributed by atoms with Crippen molar-refractivity contribution in [3.05, 3.63) is 18.1 Å². The van der Waals surface area contributed by atoms with Crippen LogP contribution in [0.3, 0.4) is 0 Å². The second-order valence-corrected chi connectivity index (χ2v) is 5.64. The molecule has 1 aliphatic heterocycles. The molecular formula is C15H25N5O. The van der Waals surface area contributed by atoms with Crippen LogP contribution in [0, 0.1) is 5.92 Å². The zero-order valence-corrected chi connectivity index (χ0v) is 12.9. The van der Waals surface area contributed by atoms with E-state index in [-0.39, 0.29) is 5.91 Å². The Morgan fingerprint density at radius 2 is 2.10 bits per heavy atom. The molecule has 2 heterocycles. The largest absolute Gasteiger partial charge is 0.369 e. The summed E-state index contributed by atoms with van der Waals surface area (Å²) >= 11 is 0. The zero-order valence-electron chi connectivity index (χ0n) is 12.9. The minimum atomic E-state index is -0.154. The summed E-state index contributed by atoms with van der Waals surface area (Å²) in [5.74, 6) is 0.983. The number of carbonyl (C=O) groups is 1. The minimum absolute atomic E-state index is 0.154. The van der Waals surface area contributed by atoms with E-state index in [0.717, 1.165) is 13.1 Å². The van der Waals surface area contributed by atoms with Crippen molar-refractivity contribution in [2.24, 2.45) is 5.92 Å². The van der Waals surface area contributed by atoms with Crippen molar-refractivity contribution in [2.75, 3.05) is 38.0 Å². The molecule has 0 saturated carbocycles. The van der Waals surface area contributed by atoms with Crippen molar-refractivity contribution in [3.63, 3.8) is 0 Å². The number of rotatable bonds is 7. The first-order chi connectivity index (χ1) is 10.2. The van der Waals surface area contributed by atoms with Crippen LogP contribution in [0.1, 0.15) is 37.2 Å². The summed E-state index contributed by atoms with van der Waals surface area (Å²) in [5, 5.41) is 5.99. The first kappa shape index (κ1) is 15.7. The monoisotopic (exact) mass is 291 g/mol. The maximum atomic E-state index is 12.0. The van der Waals surface area contributed by atoms with Crippen LogP contribution in [0.2, 0.25) is 0 Å². The molecule has 0 spiro atoms. The zero-order chi connectivity index (χ0) is 15.1. The number of hydrogen-bond donors (Lipinski definition) is 2. The van der Waals surface area contributed by atoms with Crippen molar-refractivity contribution in [1.29, 1.82) is 0 Å². The van der Waals surface area contributed by atoms with Gasteiger partial charge in [-0.15, -0.1) is 0 Å². The molecular weight excluding hydrogens is 266 g/mol. The maximum absolute atomic E-state index is 12.0. The topological polar surface area (TPSA) is 70.2 Å². The summed E-state index contributed by atoms with van der Waals surface area (Å²) in [6.07, 6.45) is 5.70. The van der Waals surface area contributed by atoms with Crippen LogP contribution in [-0.4, -0.2) is 53.5 Å². The lowest BCUT2D eigenvalue weighted by Crippen LogP contribution is -2.34. The number of carbonyl (C=O) groups excluding carboxylic acids is 1. The highest BCUT2D eigenvalue weighted by molar-refractivity contribution is 5.91. The van der Waals surface area contributed by atoms with Gasteiger partial charge in [-0.25, -0.2) is 9.97 Å². The Morgan fingerprint density at radius 1 is 1.33 bits per heavy atom. The fourth-order valence-electron chi connectivity index (χ4n) is 2.55. The number of aromatic nitrogens is 2. The van der Waals surface area contributed by atoms with Gasteiger partial charge in [-0.2, -0.15) is 0 Å². The molecule has 6 heteroatoms. The predicted octanol–water partition coefficient (Wildman–Crippen LogP) is 1.37. The highest BCUT2D eigenvalue weighted by Gasteiger charge is 2.15. The van der Waals surface area contributed by atoms with Gasteiger partial charge in [0.2, 0.25) is 0 Å². The van der Waals surface area contributed by atoms with Crippen LogP contribution >= 0.6 is 0 Å². The van der Waals surface area contributed by atoms with E-state index in [4.69, 9.17) is 0 Å². The SMILES string of the molecule is CCNc1cnc(C(=O)NCC(C)CN2CCCC2)cn1. The van der Waals surface area contributed by atoms with E-state index >= 15 is 0 Å². The van der Waals surface area contributed by atoms with E-state index in [1.807, 2.05) is 6.92 Å². The molecule has 1 aromatic heterocycles. The lowest BCUT2D eigenvalue weighted by molar-refractivity contribution is 0.0939. The molecule has 0 radical (unpaired) electrons. The normalized spacial score (nSPS) is 16.7. The molecule has 6 nitrogen and oxygen atoms in total. The molecule has 2 N–H and O–H groups in total. The Labute approximate surface area is 126 Å². The van der Waals surface area contributed by atoms with E-state index < -0.39 is 0 Å². The summed E-state index contributed by atoms with van der Waals surface area (Å²) < 4.78 is 0. The number of amides is 1. The molecule has 0 aromatic carbocycles. The molecule has 1 aromatic rings. The quantitative estimate of drug-likeness (QED) is 0.794. The molecule has 1 aliphatic rings. The third kappa shape index (κ3) is 4.97. The van der Waals surface area contributed by atoms with Crippen molar-refractivity contribution < 1.29 is 4.79 Å². The Kier molecular flexibility index (Phi) is 5.92. The number of nitrogens with zero attached hydrogens (tertiary/aromatic N) is 3. The average Bonchev–Trinajstić information content (AvgIpc) is 2.99. The first-order valence-corrected chi connectivity index (χ1v) is 7.75. The van der Waals surface area contributed by atoms with Crippen molar-refractivity contribution in [3.8, 4) is 0 Å². The maximum Gasteiger partial charge on any atom is 0.271 e. The number of anilines is 1. The molecule has 1 amide bonds. The number of nitrogens with one attached hydrogen (secondary N) is 2. The van der Waals surface area contributed by atoms with E-state index in [1.54, 1.807) is 6.20 Å². The third-order valence-corrected chi connectivity index (χ3v) is 3.62. The fourth-order valence-corrected chi connectivity index (χ4v) is 2.55. The third-order valence-electron chi connectivity index (χ3n) is 3.62. The molecule has 1 unspecified atom stereocenters. The smallest absolute Gasteiger partial charge is 0.271 e. The fraction of sp³-hybridized carbons (Fsp3) is 0.667. The van der Waals surface area contributed by atoms with Gasteiger partial charge in [0, 0.05) is 19.6 Å². The Balaban J connectivity index is 1.75. The van der Waals surface area contributed by atoms with Gasteiger partial charge in [-0.3, -0.25) is 4.79 Å². The second-order valence-electron chi connectivity index (χ2n) is 5.64. The average molecular weight is 291 g/mol. The second kappa shape index (κ2) is 7.93. The Bertz CT molecular complexity index is 442. The summed E-state index contributed by atoms with van der Waals surface area (Å²) in [5.41, 5.74) is 0.366. The van der Waals surface area contributed by atoms with Crippen LogP contribution in [0.4, 0.5) is 5.82 Å². The minimum Gasteiger partial charge on any atom is -0.369 e. The van der Waals surface area contributed by atoms with E-state index in [0.29, 0.717) is 24.0 Å². The van der Waals surface area contributed by atoms with Crippen molar-refractivity contribution in [1.82, 2.24) is 20.2 Å². The van der Waals surface area contributed by atoms with E-state index in [9.17, 15) is 4.79 Å². The molecule has 2 rings (SSSR count). The molecule has 0 aliphatic carbocycles. The van der Waals surface area contributed by atoms with Gasteiger partial charge in [0.25, 0.3) is 5.91 Å². The van der Waals surface area contributed by atoms with Gasteiger partial charge in [-0.05, 0) is 38.8 Å². The van der Waals surface area contributed by atoms with Gasteiger partial charge >= 0.3 is 0 Å². The molecule has 0 bridgehead atoms. The van der Waals surface area contributed by atoms with Crippen LogP contribution in [0.5, 0.6) is 0 Å². The van der Waals surface area contributed by atoms with E-state index in [1.165, 1.54) is 32.1 Å².